The van der Waals surface area contributed by atoms with Crippen LogP contribution in [0.4, 0.5) is 17.5 Å². The Balaban J connectivity index is 0.000000523. The minimum Gasteiger partial charge on any atom is -0.357 e. The SMILES string of the molecule is CC(=O)Nc1nc(=O)n(C(C)(C)C)cc1/C=C/C(=O)NCCCC(C)(C)C.CC(C)(C)C(=O)/C=C/c1cn(C(C)(C)C)c(=O)[nH]c1=O.CC(C)(C)C(=O)/C=C/c1cn(C(C)(C)C)c(=O)nc1NC(=O)c1ccccc1.CC(C)(C)CCCNC(=O)/C=C/c1cn(C(C)(C)C)c(=O)[nH]c1=O.CN(C)CNc1nc(=O)n(C(C)(C)C)cc1/C=C/C(=O)C(C)(C)C. The van der Waals surface area contributed by atoms with E-state index in [9.17, 15) is 67.1 Å². The van der Waals surface area contributed by atoms with Gasteiger partial charge in [0, 0.05) is 129 Å². The van der Waals surface area contributed by atoms with E-state index in [0.717, 1.165) is 25.7 Å². The van der Waals surface area contributed by atoms with Crippen LogP contribution in [0.15, 0.2) is 125 Å². The first-order chi connectivity index (χ1) is 55.8. The molecule has 0 aliphatic heterocycles. The van der Waals surface area contributed by atoms with Gasteiger partial charge in [0.05, 0.1) is 17.8 Å². The first-order valence-electron chi connectivity index (χ1n) is 41.1. The molecule has 6 aromatic rings. The number of amides is 4. The van der Waals surface area contributed by atoms with Crippen molar-refractivity contribution >= 4 is 88.8 Å². The second-order valence-corrected chi connectivity index (χ2v) is 40.7. The van der Waals surface area contributed by atoms with Gasteiger partial charge in [0.1, 0.15) is 17.5 Å². The van der Waals surface area contributed by atoms with Crippen molar-refractivity contribution in [2.24, 2.45) is 27.1 Å². The predicted molar refractivity (Wildman–Crippen MR) is 496 cm³/mol. The van der Waals surface area contributed by atoms with Crippen molar-refractivity contribution in [3.63, 3.8) is 0 Å². The van der Waals surface area contributed by atoms with Crippen LogP contribution in [0, 0.1) is 27.1 Å². The van der Waals surface area contributed by atoms with Crippen LogP contribution >= 0.6 is 0 Å². The second kappa shape index (κ2) is 44.6. The molecule has 6 rings (SSSR count). The molecule has 5 heterocycles. The first-order valence-corrected chi connectivity index (χ1v) is 41.1. The number of aromatic amines is 2. The number of rotatable bonds is 22. The van der Waals surface area contributed by atoms with Gasteiger partial charge in [-0.15, -0.1) is 0 Å². The Morgan fingerprint density at radius 2 is 0.667 bits per heavy atom. The quantitative estimate of drug-likeness (QED) is 0.0188. The summed E-state index contributed by atoms with van der Waals surface area (Å²) in [6, 6.07) is 8.66. The van der Waals surface area contributed by atoms with Crippen LogP contribution in [0.2, 0.25) is 0 Å². The van der Waals surface area contributed by atoms with E-state index in [0.29, 0.717) is 47.8 Å². The summed E-state index contributed by atoms with van der Waals surface area (Å²) in [5, 5.41) is 14.0. The van der Waals surface area contributed by atoms with E-state index in [1.54, 1.807) is 92.5 Å². The molecule has 5 aromatic heterocycles. The lowest BCUT2D eigenvalue weighted by Gasteiger charge is -2.23. The smallest absolute Gasteiger partial charge is 0.350 e. The number of H-pyrrole nitrogens is 2. The molecular formula is C93H140N16O14. The number of allylic oxidation sites excluding steroid dienone is 3. The van der Waals surface area contributed by atoms with Crippen LogP contribution in [0.5, 0.6) is 0 Å². The minimum atomic E-state index is -0.532. The molecule has 7 N–H and O–H groups in total. The molecule has 30 heteroatoms. The Bertz CT molecular complexity index is 5280. The molecule has 676 valence electrons. The van der Waals surface area contributed by atoms with Gasteiger partial charge in [-0.2, -0.15) is 15.0 Å². The van der Waals surface area contributed by atoms with Crippen LogP contribution in [-0.2, 0) is 56.5 Å². The third-order valence-corrected chi connectivity index (χ3v) is 17.6. The van der Waals surface area contributed by atoms with E-state index in [-0.39, 0.29) is 85.8 Å². The van der Waals surface area contributed by atoms with Gasteiger partial charge in [-0.25, -0.2) is 24.0 Å². The van der Waals surface area contributed by atoms with Gasteiger partial charge < -0.3 is 26.6 Å². The number of hydrogen-bond donors (Lipinski definition) is 7. The van der Waals surface area contributed by atoms with Crippen LogP contribution in [0.1, 0.15) is 278 Å². The summed E-state index contributed by atoms with van der Waals surface area (Å²) >= 11 is 0. The first kappa shape index (κ1) is 108. The third kappa shape index (κ3) is 39.1. The fourth-order valence-electron chi connectivity index (χ4n) is 10.3. The summed E-state index contributed by atoms with van der Waals surface area (Å²) in [6.07, 6.45) is 26.6. The number of benzene rings is 1. The number of carbonyl (C=O) groups is 7. The summed E-state index contributed by atoms with van der Waals surface area (Å²) in [7, 11) is 3.84. The maximum atomic E-state index is 12.5. The van der Waals surface area contributed by atoms with E-state index in [2.05, 4.69) is 93.0 Å². The molecule has 0 spiro atoms. The Kier molecular flexibility index (Phi) is 39.0. The molecular weight excluding hydrogens is 1570 g/mol. The highest BCUT2D eigenvalue weighted by molar-refractivity contribution is 6.05. The maximum Gasteiger partial charge on any atom is 0.350 e. The van der Waals surface area contributed by atoms with Crippen molar-refractivity contribution in [3.05, 3.63) is 198 Å². The largest absolute Gasteiger partial charge is 0.357 e. The van der Waals surface area contributed by atoms with Crippen LogP contribution in [0.3, 0.4) is 0 Å². The average Bonchev–Trinajstić information content (AvgIpc) is 0.810. The predicted octanol–water partition coefficient (Wildman–Crippen LogP) is 13.5. The summed E-state index contributed by atoms with van der Waals surface area (Å²) in [4.78, 5) is 187. The van der Waals surface area contributed by atoms with Crippen molar-refractivity contribution < 1.29 is 33.6 Å². The van der Waals surface area contributed by atoms with E-state index in [1.165, 1.54) is 74.0 Å². The molecule has 0 unspecified atom stereocenters. The maximum absolute atomic E-state index is 12.5. The molecule has 123 heavy (non-hydrogen) atoms. The molecule has 4 amide bonds. The highest BCUT2D eigenvalue weighted by Crippen LogP contribution is 2.26. The number of anilines is 3. The Morgan fingerprint density at radius 1 is 0.382 bits per heavy atom. The standard InChI is InChI=1S/C22H27N3O3.C20H32N4O3.C18H30N4O2.C18H29N3O3.C15H22N2O3/c1-21(2,3)17(26)13-12-16-14-25(22(4,5)6)20(28)24-18(16)23-19(27)15-10-8-7-9-11-15;1-14(25)22-17-15(13-24(18(27)23-17)20(5,6)7)9-10-16(26)21-12-8-11-19(2,3)4;1-17(2,3)14(23)10-9-13-11-22(18(4,5)6)16(24)20-15(13)19-12-21(7)8;1-17(2,3)10-7-11-19-14(22)9-8-13-12-21(18(4,5)6)16(24)20-15(13)23;1-14(2,3)11(18)8-7-10-9-17(15(4,5)6)13(20)16-12(10)19/h7-14H,1-6H3,(H,23,24,27,28);9-10,13H,8,11-12H2,1-7H3,(H,21,26)(H,22,23,25,27);9-11H,12H2,1-8H3,(H,19,20,24);8-9,12H,7,10-11H2,1-6H3,(H,19,22)(H,20,23,24);7-9H,1-6H3,(H,16,19,20)/b13-12+;2*10-9+;9-8+;8-7+. The van der Waals surface area contributed by atoms with Crippen molar-refractivity contribution in [1.29, 1.82) is 0 Å². The molecule has 30 nitrogen and oxygen atoms in total. The lowest BCUT2D eigenvalue weighted by molar-refractivity contribution is -0.122. The molecule has 0 aliphatic rings. The van der Waals surface area contributed by atoms with E-state index in [1.807, 2.05) is 170 Å². The Hall–Kier alpha value is -11.4. The van der Waals surface area contributed by atoms with Crippen molar-refractivity contribution in [1.82, 2.24) is 63.3 Å². The van der Waals surface area contributed by atoms with E-state index < -0.39 is 72.3 Å². The lowest BCUT2D eigenvalue weighted by Crippen LogP contribution is -2.39. The van der Waals surface area contributed by atoms with E-state index in [4.69, 9.17) is 0 Å². The van der Waals surface area contributed by atoms with Crippen LogP contribution < -0.4 is 66.2 Å². The normalized spacial score (nSPS) is 12.5. The molecule has 0 radical (unpaired) electrons. The molecule has 1 aromatic carbocycles. The van der Waals surface area contributed by atoms with E-state index >= 15 is 0 Å². The van der Waals surface area contributed by atoms with Gasteiger partial charge in [0.15, 0.2) is 17.3 Å². The summed E-state index contributed by atoms with van der Waals surface area (Å²) in [5.74, 6) is -0.576. The molecule has 0 saturated carbocycles. The van der Waals surface area contributed by atoms with Crippen molar-refractivity contribution in [2.75, 3.05) is 49.8 Å². The van der Waals surface area contributed by atoms with Gasteiger partial charge in [0.25, 0.3) is 17.0 Å². The zero-order chi connectivity index (χ0) is 94.9. The summed E-state index contributed by atoms with van der Waals surface area (Å²) in [6.45, 7) is 60.8. The van der Waals surface area contributed by atoms with Gasteiger partial charge in [0.2, 0.25) is 17.7 Å². The highest BCUT2D eigenvalue weighted by Gasteiger charge is 2.26. The topological polar surface area (TPSA) is 397 Å². The fraction of sp³-hybridized carbons (Fsp3) is 0.538. The van der Waals surface area contributed by atoms with Crippen LogP contribution in [-0.4, -0.2) is 127 Å². The number of nitrogens with zero attached hydrogens (tertiary/aromatic N) is 9. The zero-order valence-corrected chi connectivity index (χ0v) is 79.2. The third-order valence-electron chi connectivity index (χ3n) is 17.6. The average molecular weight is 1710 g/mol. The number of ketones is 3. The number of carbonyl (C=O) groups excluding carboxylic acids is 7. The van der Waals surface area contributed by atoms with Crippen molar-refractivity contribution in [3.8, 4) is 0 Å². The van der Waals surface area contributed by atoms with Crippen molar-refractivity contribution in [2.45, 2.75) is 268 Å². The minimum absolute atomic E-state index is 0.0227. The Labute approximate surface area is 725 Å². The van der Waals surface area contributed by atoms with Gasteiger partial charge in [-0.05, 0) is 215 Å². The summed E-state index contributed by atoms with van der Waals surface area (Å²) < 4.78 is 7.41. The van der Waals surface area contributed by atoms with Gasteiger partial charge in [-0.1, -0.05) is 122 Å². The van der Waals surface area contributed by atoms with Crippen LogP contribution in [0.25, 0.3) is 30.4 Å². The molecule has 0 bridgehead atoms. The number of hydrogen-bond acceptors (Lipinski definition) is 19. The summed E-state index contributed by atoms with van der Waals surface area (Å²) in [5.41, 5.74) is -3.73. The molecule has 0 saturated heterocycles. The fourth-order valence-corrected chi connectivity index (χ4v) is 10.3. The molecule has 0 atom stereocenters. The monoisotopic (exact) mass is 1710 g/mol. The lowest BCUT2D eigenvalue weighted by atomic mass is 9.90. The van der Waals surface area contributed by atoms with Gasteiger partial charge >= 0.3 is 28.4 Å². The highest BCUT2D eigenvalue weighted by atomic mass is 16.2. The number of nitrogens with one attached hydrogen (secondary N) is 7. The Morgan fingerprint density at radius 3 is 0.967 bits per heavy atom. The number of aromatic nitrogens is 10. The molecule has 0 aliphatic carbocycles. The second-order valence-electron chi connectivity index (χ2n) is 40.7. The van der Waals surface area contributed by atoms with Gasteiger partial charge in [-0.3, -0.25) is 80.9 Å². The molecule has 0 fully saturated rings. The zero-order valence-electron chi connectivity index (χ0n) is 79.2.